The Kier molecular flexibility index (Phi) is 6.21. The van der Waals surface area contributed by atoms with Crippen LogP contribution in [0.15, 0.2) is 40.3 Å². The van der Waals surface area contributed by atoms with Crippen molar-refractivity contribution in [3.63, 3.8) is 0 Å². The molecule has 0 spiro atoms. The van der Waals surface area contributed by atoms with Gasteiger partial charge in [-0.15, -0.1) is 5.10 Å². The molecule has 0 aliphatic carbocycles. The Labute approximate surface area is 136 Å². The molecule has 0 atom stereocenters. The highest BCUT2D eigenvalue weighted by Crippen LogP contribution is 2.30. The van der Waals surface area contributed by atoms with Crippen LogP contribution in [0.5, 0.6) is 0 Å². The first-order chi connectivity index (χ1) is 11.0. The quantitative estimate of drug-likeness (QED) is 0.368. The van der Waals surface area contributed by atoms with Crippen molar-refractivity contribution in [2.75, 3.05) is 0 Å². The summed E-state index contributed by atoms with van der Waals surface area (Å²) < 4.78 is -1.98. The number of nitrogens with one attached hydrogen (secondary N) is 1. The first kappa shape index (κ1) is 17.6. The molecule has 0 aromatic carbocycles. The molecule has 23 heavy (non-hydrogen) atoms. The van der Waals surface area contributed by atoms with Gasteiger partial charge in [0.05, 0.1) is 5.71 Å². The van der Waals surface area contributed by atoms with E-state index in [0.29, 0.717) is 17.5 Å². The van der Waals surface area contributed by atoms with Gasteiger partial charge in [-0.2, -0.15) is 20.9 Å². The zero-order valence-corrected chi connectivity index (χ0v) is 12.8. The lowest BCUT2D eigenvalue weighted by Gasteiger charge is -2.13. The van der Waals surface area contributed by atoms with E-state index < -0.39 is 10.3 Å². The summed E-state index contributed by atoms with van der Waals surface area (Å²) in [6.07, 6.45) is 3.21. The standard InChI is InChI=1S/C14H10N8S/c1-10(11-3-2-4-20-7-11)21-22-13(19)23-14(8-17,9-18)12(5-15)6-16/h2-4,7,15H,1H3,(H2,19,22)/b21-10+. The van der Waals surface area contributed by atoms with Gasteiger partial charge < -0.3 is 5.73 Å². The van der Waals surface area contributed by atoms with E-state index in [-0.39, 0.29) is 5.17 Å². The lowest BCUT2D eigenvalue weighted by atomic mass is 10.0. The smallest absolute Gasteiger partial charge is 0.239 e. The van der Waals surface area contributed by atoms with Crippen molar-refractivity contribution in [2.24, 2.45) is 15.9 Å². The first-order valence-corrected chi connectivity index (χ1v) is 6.84. The van der Waals surface area contributed by atoms with Crippen molar-refractivity contribution in [1.29, 1.82) is 21.2 Å². The minimum absolute atomic E-state index is 0.195. The summed E-state index contributed by atoms with van der Waals surface area (Å²) in [4.78, 5) is 3.94. The van der Waals surface area contributed by atoms with Gasteiger partial charge in [0.25, 0.3) is 0 Å². The van der Waals surface area contributed by atoms with Crippen LogP contribution < -0.4 is 5.73 Å². The van der Waals surface area contributed by atoms with Crippen molar-refractivity contribution in [3.05, 3.63) is 35.7 Å². The van der Waals surface area contributed by atoms with E-state index in [1.165, 1.54) is 0 Å². The largest absolute Gasteiger partial charge is 0.377 e. The topological polar surface area (TPSA) is 159 Å². The number of amidine groups is 1. The van der Waals surface area contributed by atoms with Gasteiger partial charge in [-0.25, -0.2) is 0 Å². The fourth-order valence-corrected chi connectivity index (χ4v) is 2.05. The summed E-state index contributed by atoms with van der Waals surface area (Å²) in [6, 6.07) is 8.42. The van der Waals surface area contributed by atoms with E-state index >= 15 is 0 Å². The van der Waals surface area contributed by atoms with Crippen LogP contribution >= 0.6 is 11.8 Å². The molecular weight excluding hydrogens is 312 g/mol. The Bertz CT molecular complexity index is 799. The molecule has 0 bridgehead atoms. The molecule has 0 unspecified atom stereocenters. The maximum atomic E-state index is 9.17. The fraction of sp³-hybridized carbons (Fsp3) is 0.143. The molecule has 0 saturated carbocycles. The fourth-order valence-electron chi connectivity index (χ4n) is 1.36. The van der Waals surface area contributed by atoms with Crippen LogP contribution in [0.1, 0.15) is 12.5 Å². The number of hydrogen-bond donors (Lipinski definition) is 2. The van der Waals surface area contributed by atoms with Gasteiger partial charge >= 0.3 is 0 Å². The second-order valence-corrected chi connectivity index (χ2v) is 5.22. The Morgan fingerprint density at radius 1 is 1.35 bits per heavy atom. The zero-order valence-electron chi connectivity index (χ0n) is 12.0. The van der Waals surface area contributed by atoms with Crippen LogP contribution in [-0.2, 0) is 0 Å². The minimum atomic E-state index is -1.98. The predicted octanol–water partition coefficient (Wildman–Crippen LogP) is 1.34. The molecule has 1 aromatic heterocycles. The van der Waals surface area contributed by atoms with E-state index in [1.807, 2.05) is 0 Å². The van der Waals surface area contributed by atoms with Gasteiger partial charge in [0, 0.05) is 18.0 Å². The summed E-state index contributed by atoms with van der Waals surface area (Å²) in [7, 11) is 0. The van der Waals surface area contributed by atoms with Crippen LogP contribution in [0.3, 0.4) is 0 Å². The number of thioether (sulfide) groups is 1. The maximum Gasteiger partial charge on any atom is 0.239 e. The molecule has 9 heteroatoms. The average Bonchev–Trinajstić information content (AvgIpc) is 2.60. The normalized spacial score (nSPS) is 11.6. The highest BCUT2D eigenvalue weighted by atomic mass is 32.2. The van der Waals surface area contributed by atoms with E-state index in [4.69, 9.17) is 16.4 Å². The minimum Gasteiger partial charge on any atom is -0.377 e. The molecule has 0 saturated heterocycles. The van der Waals surface area contributed by atoms with Gasteiger partial charge in [-0.3, -0.25) is 10.4 Å². The number of pyridine rings is 1. The highest BCUT2D eigenvalue weighted by molar-refractivity contribution is 8.15. The number of nitriles is 3. The number of hydrogen-bond acceptors (Lipinski definition) is 8. The second-order valence-electron chi connectivity index (χ2n) is 3.98. The lowest BCUT2D eigenvalue weighted by molar-refractivity contribution is 1.11. The Morgan fingerprint density at radius 2 is 2.04 bits per heavy atom. The van der Waals surface area contributed by atoms with Gasteiger partial charge in [0.15, 0.2) is 5.17 Å². The summed E-state index contributed by atoms with van der Waals surface area (Å²) in [5.41, 5.74) is 6.47. The van der Waals surface area contributed by atoms with E-state index in [2.05, 4.69) is 15.2 Å². The van der Waals surface area contributed by atoms with E-state index in [0.717, 1.165) is 5.56 Å². The third-order valence-electron chi connectivity index (χ3n) is 2.54. The summed E-state index contributed by atoms with van der Waals surface area (Å²) in [6.45, 7) is 1.69. The average molecular weight is 322 g/mol. The van der Waals surface area contributed by atoms with Crippen molar-refractivity contribution in [2.45, 2.75) is 11.7 Å². The molecule has 1 aromatic rings. The van der Waals surface area contributed by atoms with E-state index in [9.17, 15) is 10.5 Å². The summed E-state index contributed by atoms with van der Waals surface area (Å²) in [5, 5.41) is 41.7. The monoisotopic (exact) mass is 322 g/mol. The number of aromatic nitrogens is 1. The van der Waals surface area contributed by atoms with E-state index in [1.54, 1.807) is 55.5 Å². The molecule has 1 heterocycles. The third kappa shape index (κ3) is 4.26. The van der Waals surface area contributed by atoms with Crippen molar-refractivity contribution in [3.8, 4) is 18.2 Å². The first-order valence-electron chi connectivity index (χ1n) is 6.03. The maximum absolute atomic E-state index is 9.17. The van der Waals surface area contributed by atoms with Crippen LogP contribution in [0.25, 0.3) is 0 Å². The molecule has 0 amide bonds. The third-order valence-corrected chi connectivity index (χ3v) is 3.52. The number of nitrogens with zero attached hydrogens (tertiary/aromatic N) is 6. The van der Waals surface area contributed by atoms with Gasteiger partial charge in [0.2, 0.25) is 4.75 Å². The lowest BCUT2D eigenvalue weighted by Crippen LogP contribution is -2.27. The molecule has 0 aliphatic rings. The Balaban J connectivity index is 3.08. The number of rotatable bonds is 4. The molecule has 0 fully saturated rings. The zero-order chi connectivity index (χ0) is 17.3. The molecule has 1 rings (SSSR count). The SMILES string of the molecule is C/C(=N\N=C(\N)SC(C#N)(C#N)C(=C=N)C#N)c1cccnc1. The van der Waals surface area contributed by atoms with Crippen LogP contribution in [-0.4, -0.2) is 26.5 Å². The van der Waals surface area contributed by atoms with Gasteiger partial charge in [-0.1, -0.05) is 6.07 Å². The van der Waals surface area contributed by atoms with Crippen LogP contribution in [0, 0.1) is 39.4 Å². The highest BCUT2D eigenvalue weighted by Gasteiger charge is 2.38. The predicted molar refractivity (Wildman–Crippen MR) is 86.5 cm³/mol. The molecular formula is C14H10N8S. The Morgan fingerprint density at radius 3 is 2.52 bits per heavy atom. The van der Waals surface area contributed by atoms with Gasteiger partial charge in [0.1, 0.15) is 23.8 Å². The summed E-state index contributed by atoms with van der Waals surface area (Å²) in [5.74, 6) is 1.78. The second kappa shape index (κ2) is 8.11. The van der Waals surface area contributed by atoms with Crippen molar-refractivity contribution < 1.29 is 0 Å². The molecule has 112 valence electrons. The van der Waals surface area contributed by atoms with Crippen LogP contribution in [0.2, 0.25) is 0 Å². The van der Waals surface area contributed by atoms with Crippen molar-refractivity contribution in [1.82, 2.24) is 4.98 Å². The van der Waals surface area contributed by atoms with Gasteiger partial charge in [-0.05, 0) is 30.6 Å². The Hall–Kier alpha value is -3.44. The number of nitrogens with two attached hydrogens (primary N) is 1. The molecule has 0 radical (unpaired) electrons. The molecule has 0 aliphatic heterocycles. The summed E-state index contributed by atoms with van der Waals surface area (Å²) >= 11 is 0.527. The van der Waals surface area contributed by atoms with Crippen LogP contribution in [0.4, 0.5) is 0 Å². The molecule has 3 N–H and O–H groups in total. The molecule has 8 nitrogen and oxygen atoms in total. The van der Waals surface area contributed by atoms with Crippen molar-refractivity contribution >= 4 is 28.5 Å².